The van der Waals surface area contributed by atoms with Crippen LogP contribution in [-0.2, 0) is 6.42 Å². The van der Waals surface area contributed by atoms with Gasteiger partial charge in [-0.3, -0.25) is 4.98 Å². The lowest BCUT2D eigenvalue weighted by atomic mass is 10.3. The lowest BCUT2D eigenvalue weighted by molar-refractivity contribution is 0.960. The molecule has 2 rings (SSSR count). The zero-order chi connectivity index (χ0) is 13.5. The largest absolute Gasteiger partial charge is 0.369 e. The molecule has 0 aliphatic carbocycles. The van der Waals surface area contributed by atoms with Crippen molar-refractivity contribution in [3.8, 4) is 0 Å². The van der Waals surface area contributed by atoms with Gasteiger partial charge in [-0.1, -0.05) is 18.5 Å². The van der Waals surface area contributed by atoms with Gasteiger partial charge in [-0.15, -0.1) is 11.3 Å². The lowest BCUT2D eigenvalue weighted by Crippen LogP contribution is -2.08. The zero-order valence-corrected chi connectivity index (χ0v) is 12.4. The van der Waals surface area contributed by atoms with Gasteiger partial charge in [0.05, 0.1) is 16.7 Å². The SMILES string of the molecule is CCCNc1cncc(NCCc2ccc(Cl)s2)n1. The molecule has 0 saturated carbocycles. The first-order valence-corrected chi connectivity index (χ1v) is 7.51. The van der Waals surface area contributed by atoms with Crippen LogP contribution in [0, 0.1) is 0 Å². The minimum Gasteiger partial charge on any atom is -0.369 e. The number of hydrogen-bond donors (Lipinski definition) is 2. The summed E-state index contributed by atoms with van der Waals surface area (Å²) in [7, 11) is 0. The Kier molecular flexibility index (Phi) is 5.42. The Hall–Kier alpha value is -1.33. The number of anilines is 2. The lowest BCUT2D eigenvalue weighted by Gasteiger charge is -2.07. The number of nitrogens with zero attached hydrogens (tertiary/aromatic N) is 2. The van der Waals surface area contributed by atoms with Crippen molar-refractivity contribution in [3.05, 3.63) is 33.7 Å². The second kappa shape index (κ2) is 7.31. The molecule has 0 aromatic carbocycles. The number of aromatic nitrogens is 2. The van der Waals surface area contributed by atoms with E-state index in [9.17, 15) is 0 Å². The first kappa shape index (κ1) is 14.1. The Morgan fingerprint density at radius 2 is 1.89 bits per heavy atom. The average molecular weight is 297 g/mol. The number of rotatable bonds is 7. The Balaban J connectivity index is 1.82. The molecule has 2 heterocycles. The molecule has 2 aromatic heterocycles. The molecule has 0 fully saturated rings. The molecular weight excluding hydrogens is 280 g/mol. The molecule has 2 aromatic rings. The fourth-order valence-electron chi connectivity index (χ4n) is 1.59. The molecule has 0 amide bonds. The van der Waals surface area contributed by atoms with E-state index in [0.29, 0.717) is 0 Å². The standard InChI is InChI=1S/C13H17ClN4S/c1-2-6-16-12-8-15-9-13(18-12)17-7-5-10-3-4-11(14)19-10/h3-4,8-9H,2,5-7H2,1H3,(H2,16,17,18). The van der Waals surface area contributed by atoms with E-state index in [0.717, 1.165) is 41.9 Å². The fraction of sp³-hybridized carbons (Fsp3) is 0.385. The molecule has 0 atom stereocenters. The second-order valence-electron chi connectivity index (χ2n) is 4.10. The summed E-state index contributed by atoms with van der Waals surface area (Å²) >= 11 is 7.51. The van der Waals surface area contributed by atoms with Crippen LogP contribution in [0.2, 0.25) is 4.34 Å². The van der Waals surface area contributed by atoms with E-state index in [1.807, 2.05) is 6.07 Å². The van der Waals surface area contributed by atoms with Gasteiger partial charge in [0.2, 0.25) is 0 Å². The van der Waals surface area contributed by atoms with Crippen LogP contribution in [-0.4, -0.2) is 23.1 Å². The van der Waals surface area contributed by atoms with Crippen molar-refractivity contribution in [2.45, 2.75) is 19.8 Å². The van der Waals surface area contributed by atoms with Crippen molar-refractivity contribution in [1.82, 2.24) is 9.97 Å². The third-order valence-electron chi connectivity index (χ3n) is 2.50. The van der Waals surface area contributed by atoms with Gasteiger partial charge < -0.3 is 10.6 Å². The van der Waals surface area contributed by atoms with E-state index in [4.69, 9.17) is 11.6 Å². The van der Waals surface area contributed by atoms with Crippen molar-refractivity contribution < 1.29 is 0 Å². The van der Waals surface area contributed by atoms with Crippen LogP contribution in [0.3, 0.4) is 0 Å². The predicted octanol–water partition coefficient (Wildman–Crippen LogP) is 3.67. The second-order valence-corrected chi connectivity index (χ2v) is 5.90. The molecule has 6 heteroatoms. The number of nitrogens with one attached hydrogen (secondary N) is 2. The third-order valence-corrected chi connectivity index (χ3v) is 3.79. The topological polar surface area (TPSA) is 49.8 Å². The monoisotopic (exact) mass is 296 g/mol. The minimum absolute atomic E-state index is 0.795. The highest BCUT2D eigenvalue weighted by Gasteiger charge is 2.00. The Morgan fingerprint density at radius 3 is 2.53 bits per heavy atom. The maximum Gasteiger partial charge on any atom is 0.146 e. The zero-order valence-electron chi connectivity index (χ0n) is 10.8. The molecule has 0 aliphatic heterocycles. The van der Waals surface area contributed by atoms with Gasteiger partial charge in [-0.05, 0) is 25.0 Å². The van der Waals surface area contributed by atoms with Crippen molar-refractivity contribution in [2.24, 2.45) is 0 Å². The molecule has 4 nitrogen and oxygen atoms in total. The smallest absolute Gasteiger partial charge is 0.146 e. The summed E-state index contributed by atoms with van der Waals surface area (Å²) < 4.78 is 0.834. The maximum atomic E-state index is 5.89. The van der Waals surface area contributed by atoms with E-state index < -0.39 is 0 Å². The molecule has 2 N–H and O–H groups in total. The molecule has 0 saturated heterocycles. The molecule has 19 heavy (non-hydrogen) atoms. The molecule has 0 radical (unpaired) electrons. The fourth-order valence-corrected chi connectivity index (χ4v) is 2.68. The minimum atomic E-state index is 0.795. The van der Waals surface area contributed by atoms with E-state index in [1.54, 1.807) is 23.7 Å². The Bertz CT molecular complexity index is 515. The first-order chi connectivity index (χ1) is 9.28. The van der Waals surface area contributed by atoms with E-state index >= 15 is 0 Å². The summed E-state index contributed by atoms with van der Waals surface area (Å²) in [6.45, 7) is 3.85. The summed E-state index contributed by atoms with van der Waals surface area (Å²) in [5.74, 6) is 1.61. The van der Waals surface area contributed by atoms with Crippen LogP contribution < -0.4 is 10.6 Å². The van der Waals surface area contributed by atoms with Crippen molar-refractivity contribution in [3.63, 3.8) is 0 Å². The highest BCUT2D eigenvalue weighted by Crippen LogP contribution is 2.21. The molecule has 0 spiro atoms. The van der Waals surface area contributed by atoms with Gasteiger partial charge in [-0.25, -0.2) is 4.98 Å². The summed E-state index contributed by atoms with van der Waals surface area (Å²) in [5, 5.41) is 6.49. The molecule has 0 aliphatic rings. The van der Waals surface area contributed by atoms with Crippen molar-refractivity contribution in [1.29, 1.82) is 0 Å². The van der Waals surface area contributed by atoms with Gasteiger partial charge in [0, 0.05) is 18.0 Å². The predicted molar refractivity (Wildman–Crippen MR) is 82.3 cm³/mol. The quantitative estimate of drug-likeness (QED) is 0.818. The Labute approximate surface area is 122 Å². The number of halogens is 1. The highest BCUT2D eigenvalue weighted by molar-refractivity contribution is 7.16. The van der Waals surface area contributed by atoms with Gasteiger partial charge in [0.15, 0.2) is 0 Å². The van der Waals surface area contributed by atoms with Gasteiger partial charge in [0.25, 0.3) is 0 Å². The van der Waals surface area contributed by atoms with E-state index in [-0.39, 0.29) is 0 Å². The summed E-state index contributed by atoms with van der Waals surface area (Å²) in [6.07, 6.45) is 5.47. The van der Waals surface area contributed by atoms with Crippen molar-refractivity contribution >= 4 is 34.6 Å². The van der Waals surface area contributed by atoms with Crippen LogP contribution in [0.25, 0.3) is 0 Å². The van der Waals surface area contributed by atoms with Crippen LogP contribution >= 0.6 is 22.9 Å². The third kappa shape index (κ3) is 4.69. The van der Waals surface area contributed by atoms with Crippen LogP contribution in [0.4, 0.5) is 11.6 Å². The van der Waals surface area contributed by atoms with Gasteiger partial charge in [0.1, 0.15) is 11.6 Å². The summed E-state index contributed by atoms with van der Waals surface area (Å²) in [4.78, 5) is 9.87. The molecule has 102 valence electrons. The normalized spacial score (nSPS) is 10.4. The highest BCUT2D eigenvalue weighted by atomic mass is 35.5. The number of thiophene rings is 1. The molecule has 0 unspecified atom stereocenters. The number of hydrogen-bond acceptors (Lipinski definition) is 5. The van der Waals surface area contributed by atoms with Gasteiger partial charge >= 0.3 is 0 Å². The van der Waals surface area contributed by atoms with E-state index in [2.05, 4.69) is 33.6 Å². The molecular formula is C13H17ClN4S. The maximum absolute atomic E-state index is 5.89. The average Bonchev–Trinajstić information content (AvgIpc) is 2.83. The first-order valence-electron chi connectivity index (χ1n) is 6.32. The van der Waals surface area contributed by atoms with E-state index in [1.165, 1.54) is 4.88 Å². The molecule has 0 bridgehead atoms. The summed E-state index contributed by atoms with van der Waals surface area (Å²) in [5.41, 5.74) is 0. The Morgan fingerprint density at radius 1 is 1.16 bits per heavy atom. The van der Waals surface area contributed by atoms with Crippen molar-refractivity contribution in [2.75, 3.05) is 23.7 Å². The van der Waals surface area contributed by atoms with Crippen LogP contribution in [0.5, 0.6) is 0 Å². The van der Waals surface area contributed by atoms with Crippen LogP contribution in [0.1, 0.15) is 18.2 Å². The summed E-state index contributed by atoms with van der Waals surface area (Å²) in [6, 6.07) is 3.98. The van der Waals surface area contributed by atoms with Crippen LogP contribution in [0.15, 0.2) is 24.5 Å². The van der Waals surface area contributed by atoms with Gasteiger partial charge in [-0.2, -0.15) is 0 Å².